The van der Waals surface area contributed by atoms with Gasteiger partial charge in [0.2, 0.25) is 18.4 Å². The molecule has 0 bridgehead atoms. The third-order valence-electron chi connectivity index (χ3n) is 7.75. The lowest BCUT2D eigenvalue weighted by Crippen LogP contribution is -2.28. The Morgan fingerprint density at radius 2 is 1.85 bits per heavy atom. The van der Waals surface area contributed by atoms with Gasteiger partial charge < -0.3 is 28.8 Å². The number of aldehydes is 1. The summed E-state index contributed by atoms with van der Waals surface area (Å²) < 4.78 is 16.3. The highest BCUT2D eigenvalue weighted by Crippen LogP contribution is 2.45. The molecule has 39 heavy (non-hydrogen) atoms. The largest absolute Gasteiger partial charge is 0.493 e. The lowest BCUT2D eigenvalue weighted by Gasteiger charge is -2.17. The van der Waals surface area contributed by atoms with Crippen molar-refractivity contribution in [1.29, 1.82) is 0 Å². The van der Waals surface area contributed by atoms with Crippen LogP contribution in [-0.2, 0) is 9.59 Å². The smallest absolute Gasteiger partial charge is 0.231 e. The first-order valence-corrected chi connectivity index (χ1v) is 15.0. The SMILES string of the molecule is CCCCCN(C)CCCC.CCN1CCCC1=O.COc1cc([C@@H]2C[C@H](C)N(CC=O)C2)cc2c1OCO2. The standard InChI is InChI=1S/C15H19NO4.C10H23N.C6H11NO/c1-10-5-12(8-16(10)3-4-17)11-6-13(18-2)15-14(7-11)19-9-20-15;1-4-6-8-10-11(3)9-7-5-2;1-2-7-5-3-4-6(7)8/h4,6-7,10,12H,3,5,8-9H2,1-2H3;4-10H2,1-3H3;2-5H2,1H3/t10-,12+;;/m0../s1. The molecule has 2 atom stereocenters. The molecule has 1 amide bonds. The third kappa shape index (κ3) is 10.6. The summed E-state index contributed by atoms with van der Waals surface area (Å²) in [5, 5.41) is 0. The summed E-state index contributed by atoms with van der Waals surface area (Å²) in [7, 11) is 3.86. The molecule has 3 aliphatic rings. The number of carbonyl (C=O) groups excluding carboxylic acids is 2. The van der Waals surface area contributed by atoms with Crippen molar-refractivity contribution in [2.24, 2.45) is 0 Å². The number of unbranched alkanes of at least 4 members (excludes halogenated alkanes) is 3. The topological polar surface area (TPSA) is 71.6 Å². The van der Waals surface area contributed by atoms with Gasteiger partial charge in [-0.15, -0.1) is 0 Å². The van der Waals surface area contributed by atoms with E-state index in [9.17, 15) is 9.59 Å². The molecule has 3 heterocycles. The van der Waals surface area contributed by atoms with Crippen molar-refractivity contribution in [3.63, 3.8) is 0 Å². The highest BCUT2D eigenvalue weighted by Gasteiger charge is 2.31. The molecule has 0 saturated carbocycles. The summed E-state index contributed by atoms with van der Waals surface area (Å²) in [6.07, 6.45) is 10.6. The lowest BCUT2D eigenvalue weighted by atomic mass is 9.96. The Labute approximate surface area is 236 Å². The van der Waals surface area contributed by atoms with Gasteiger partial charge in [-0.2, -0.15) is 0 Å². The van der Waals surface area contributed by atoms with E-state index in [1.807, 2.05) is 24.0 Å². The molecule has 1 aromatic rings. The number of hydrogen-bond donors (Lipinski definition) is 0. The number of methoxy groups -OCH3 is 1. The van der Waals surface area contributed by atoms with Gasteiger partial charge in [-0.1, -0.05) is 33.1 Å². The number of hydrogen-bond acceptors (Lipinski definition) is 7. The molecular formula is C31H53N3O5. The summed E-state index contributed by atoms with van der Waals surface area (Å²) in [5.74, 6) is 2.88. The van der Waals surface area contributed by atoms with Crippen molar-refractivity contribution in [3.05, 3.63) is 17.7 Å². The molecule has 1 aromatic carbocycles. The van der Waals surface area contributed by atoms with Crippen molar-refractivity contribution < 1.29 is 23.8 Å². The molecule has 0 aliphatic carbocycles. The maximum absolute atomic E-state index is 10.7. The average Bonchev–Trinajstić information content (AvgIpc) is 3.68. The third-order valence-corrected chi connectivity index (χ3v) is 7.75. The van der Waals surface area contributed by atoms with Crippen LogP contribution in [0.5, 0.6) is 17.2 Å². The van der Waals surface area contributed by atoms with Gasteiger partial charge in [-0.05, 0) is 83.3 Å². The van der Waals surface area contributed by atoms with Crippen molar-refractivity contribution in [2.75, 3.05) is 60.2 Å². The van der Waals surface area contributed by atoms with Crippen molar-refractivity contribution in [3.8, 4) is 17.2 Å². The molecule has 8 nitrogen and oxygen atoms in total. The fourth-order valence-electron chi connectivity index (χ4n) is 5.29. The van der Waals surface area contributed by atoms with Crippen LogP contribution in [0.2, 0.25) is 0 Å². The monoisotopic (exact) mass is 547 g/mol. The molecular weight excluding hydrogens is 494 g/mol. The second-order valence-corrected chi connectivity index (χ2v) is 10.8. The van der Waals surface area contributed by atoms with E-state index < -0.39 is 0 Å². The highest BCUT2D eigenvalue weighted by molar-refractivity contribution is 5.77. The number of amides is 1. The van der Waals surface area contributed by atoms with E-state index in [4.69, 9.17) is 14.2 Å². The first-order chi connectivity index (χ1) is 18.9. The van der Waals surface area contributed by atoms with Crippen LogP contribution >= 0.6 is 0 Å². The van der Waals surface area contributed by atoms with Crippen LogP contribution in [0.1, 0.15) is 90.5 Å². The molecule has 3 aliphatic heterocycles. The second kappa shape index (κ2) is 18.1. The summed E-state index contributed by atoms with van der Waals surface area (Å²) in [4.78, 5) is 28.0. The normalized spacial score (nSPS) is 20.0. The van der Waals surface area contributed by atoms with Gasteiger partial charge in [0.25, 0.3) is 0 Å². The molecule has 4 rings (SSSR count). The van der Waals surface area contributed by atoms with Gasteiger partial charge in [0, 0.05) is 32.1 Å². The summed E-state index contributed by atoms with van der Waals surface area (Å²) in [6.45, 7) is 14.8. The maximum atomic E-state index is 10.7. The molecule has 2 fully saturated rings. The number of rotatable bonds is 12. The van der Waals surface area contributed by atoms with E-state index in [2.05, 4.69) is 37.6 Å². The Balaban J connectivity index is 0.000000236. The van der Waals surface area contributed by atoms with Crippen LogP contribution in [0.15, 0.2) is 12.1 Å². The number of ether oxygens (including phenoxy) is 3. The van der Waals surface area contributed by atoms with Crippen LogP contribution in [0.25, 0.3) is 0 Å². The molecule has 0 unspecified atom stereocenters. The minimum Gasteiger partial charge on any atom is -0.493 e. The Hall–Kier alpha value is -2.32. The zero-order valence-electron chi connectivity index (χ0n) is 25.4. The molecule has 2 saturated heterocycles. The van der Waals surface area contributed by atoms with E-state index in [0.717, 1.165) is 56.7 Å². The zero-order valence-corrected chi connectivity index (χ0v) is 25.4. The van der Waals surface area contributed by atoms with E-state index in [0.29, 0.717) is 30.2 Å². The Morgan fingerprint density at radius 1 is 1.10 bits per heavy atom. The minimum atomic E-state index is 0.244. The molecule has 0 spiro atoms. The van der Waals surface area contributed by atoms with Crippen molar-refractivity contribution in [2.45, 2.75) is 91.0 Å². The van der Waals surface area contributed by atoms with Gasteiger partial charge in [-0.3, -0.25) is 9.69 Å². The fourth-order valence-corrected chi connectivity index (χ4v) is 5.29. The van der Waals surface area contributed by atoms with Crippen molar-refractivity contribution >= 4 is 12.2 Å². The minimum absolute atomic E-state index is 0.244. The molecule has 8 heteroatoms. The molecule has 0 aromatic heterocycles. The number of benzene rings is 1. The summed E-state index contributed by atoms with van der Waals surface area (Å²) >= 11 is 0. The lowest BCUT2D eigenvalue weighted by molar-refractivity contribution is -0.127. The van der Waals surface area contributed by atoms with Crippen LogP contribution < -0.4 is 14.2 Å². The van der Waals surface area contributed by atoms with Crippen LogP contribution in [0.3, 0.4) is 0 Å². The van der Waals surface area contributed by atoms with Gasteiger partial charge in [0.1, 0.15) is 6.29 Å². The van der Waals surface area contributed by atoms with Crippen LogP contribution in [-0.4, -0.2) is 93.2 Å². The van der Waals surface area contributed by atoms with Gasteiger partial charge in [-0.25, -0.2) is 0 Å². The first kappa shape index (κ1) is 32.9. The van der Waals surface area contributed by atoms with Crippen LogP contribution in [0.4, 0.5) is 0 Å². The second-order valence-electron chi connectivity index (χ2n) is 10.8. The Morgan fingerprint density at radius 3 is 2.44 bits per heavy atom. The highest BCUT2D eigenvalue weighted by atomic mass is 16.7. The predicted octanol–water partition coefficient (Wildman–Crippen LogP) is 5.34. The average molecular weight is 548 g/mol. The Bertz CT molecular complexity index is 865. The number of likely N-dealkylation sites (tertiary alicyclic amines) is 2. The summed E-state index contributed by atoms with van der Waals surface area (Å²) in [6, 6.07) is 4.48. The number of fused-ring (bicyclic) bond motifs is 1. The Kier molecular flexibility index (Phi) is 15.3. The predicted molar refractivity (Wildman–Crippen MR) is 157 cm³/mol. The number of nitrogens with zero attached hydrogens (tertiary/aromatic N) is 3. The van der Waals surface area contributed by atoms with E-state index in [-0.39, 0.29) is 6.79 Å². The number of carbonyl (C=O) groups is 2. The first-order valence-electron chi connectivity index (χ1n) is 15.0. The van der Waals surface area contributed by atoms with Crippen LogP contribution in [0, 0.1) is 0 Å². The van der Waals surface area contributed by atoms with E-state index in [1.165, 1.54) is 50.8 Å². The molecule has 0 N–H and O–H groups in total. The molecule has 222 valence electrons. The van der Waals surface area contributed by atoms with Crippen molar-refractivity contribution in [1.82, 2.24) is 14.7 Å². The summed E-state index contributed by atoms with van der Waals surface area (Å²) in [5.41, 5.74) is 1.19. The van der Waals surface area contributed by atoms with Gasteiger partial charge >= 0.3 is 0 Å². The van der Waals surface area contributed by atoms with E-state index >= 15 is 0 Å². The van der Waals surface area contributed by atoms with E-state index in [1.54, 1.807) is 7.11 Å². The van der Waals surface area contributed by atoms with Gasteiger partial charge in [0.15, 0.2) is 11.5 Å². The molecule has 0 radical (unpaired) electrons. The fraction of sp³-hybridized carbons (Fsp3) is 0.742. The quantitative estimate of drug-likeness (QED) is 0.258. The van der Waals surface area contributed by atoms with Gasteiger partial charge in [0.05, 0.1) is 13.7 Å². The maximum Gasteiger partial charge on any atom is 0.231 e. The zero-order chi connectivity index (χ0) is 28.6.